The molecule has 2 rings (SSSR count). The molecule has 0 saturated carbocycles. The minimum atomic E-state index is 0.0812. The van der Waals surface area contributed by atoms with Crippen LogP contribution in [0.15, 0.2) is 41.0 Å². The van der Waals surface area contributed by atoms with Crippen molar-refractivity contribution in [2.75, 3.05) is 7.11 Å². The molecule has 1 aromatic heterocycles. The van der Waals surface area contributed by atoms with Gasteiger partial charge in [0.25, 0.3) is 0 Å². The van der Waals surface area contributed by atoms with Crippen molar-refractivity contribution in [3.8, 4) is 11.5 Å². The molecule has 0 unspecified atom stereocenters. The van der Waals surface area contributed by atoms with Gasteiger partial charge in [-0.3, -0.25) is 4.98 Å². The molecule has 5 heteroatoms. The monoisotopic (exact) mass is 364 g/mol. The molecule has 0 amide bonds. The summed E-state index contributed by atoms with van der Waals surface area (Å²) < 4.78 is 12.4. The fourth-order valence-corrected chi connectivity index (χ4v) is 2.54. The first-order valence-corrected chi connectivity index (χ1v) is 8.03. The van der Waals surface area contributed by atoms with Gasteiger partial charge in [-0.2, -0.15) is 0 Å². The van der Waals surface area contributed by atoms with Crippen LogP contribution in [0.2, 0.25) is 0 Å². The number of pyridine rings is 1. The highest BCUT2D eigenvalue weighted by molar-refractivity contribution is 9.10. The Balaban J connectivity index is 2.14. The Labute approximate surface area is 140 Å². The second-order valence-electron chi connectivity index (χ2n) is 5.15. The van der Waals surface area contributed by atoms with Crippen LogP contribution in [0.3, 0.4) is 0 Å². The van der Waals surface area contributed by atoms with E-state index in [1.807, 2.05) is 44.2 Å². The maximum Gasteiger partial charge on any atom is 0.167 e. The number of nitrogens with zero attached hydrogens (tertiary/aromatic N) is 1. The van der Waals surface area contributed by atoms with E-state index in [9.17, 15) is 0 Å². The van der Waals surface area contributed by atoms with Crippen molar-refractivity contribution in [1.29, 1.82) is 0 Å². The Bertz CT molecular complexity index is 603. The standard InChI is InChI=1S/C17H21BrN2O2/c1-12(2)22-17-14(15(18)7-8-16(17)21-3)11-19-10-13-6-4-5-9-20-13/h4-9,12,19H,10-11H2,1-3H3. The van der Waals surface area contributed by atoms with Crippen molar-refractivity contribution >= 4 is 15.9 Å². The van der Waals surface area contributed by atoms with E-state index in [1.54, 1.807) is 13.3 Å². The Morgan fingerprint density at radius 2 is 2.00 bits per heavy atom. The van der Waals surface area contributed by atoms with Gasteiger partial charge in [0.15, 0.2) is 11.5 Å². The molecule has 2 aromatic rings. The maximum absolute atomic E-state index is 5.94. The Morgan fingerprint density at radius 3 is 2.64 bits per heavy atom. The van der Waals surface area contributed by atoms with Crippen LogP contribution in [0.1, 0.15) is 25.1 Å². The number of methoxy groups -OCH3 is 1. The summed E-state index contributed by atoms with van der Waals surface area (Å²) in [5, 5.41) is 3.40. The van der Waals surface area contributed by atoms with Crippen molar-refractivity contribution in [2.45, 2.75) is 33.0 Å². The molecular formula is C17H21BrN2O2. The zero-order valence-electron chi connectivity index (χ0n) is 13.1. The van der Waals surface area contributed by atoms with E-state index < -0.39 is 0 Å². The molecule has 0 atom stereocenters. The fraction of sp³-hybridized carbons (Fsp3) is 0.353. The van der Waals surface area contributed by atoms with Gasteiger partial charge in [-0.1, -0.05) is 22.0 Å². The largest absolute Gasteiger partial charge is 0.493 e. The normalized spacial score (nSPS) is 10.8. The van der Waals surface area contributed by atoms with E-state index in [0.717, 1.165) is 27.2 Å². The van der Waals surface area contributed by atoms with Crippen LogP contribution in [0.5, 0.6) is 11.5 Å². The molecule has 0 saturated heterocycles. The van der Waals surface area contributed by atoms with Gasteiger partial charge in [-0.25, -0.2) is 0 Å². The van der Waals surface area contributed by atoms with Gasteiger partial charge in [0.1, 0.15) is 0 Å². The molecule has 22 heavy (non-hydrogen) atoms. The molecule has 118 valence electrons. The topological polar surface area (TPSA) is 43.4 Å². The zero-order valence-corrected chi connectivity index (χ0v) is 14.7. The first-order chi connectivity index (χ1) is 10.6. The van der Waals surface area contributed by atoms with Crippen LogP contribution in [-0.2, 0) is 13.1 Å². The lowest BCUT2D eigenvalue weighted by molar-refractivity contribution is 0.227. The molecule has 0 bridgehead atoms. The number of nitrogens with one attached hydrogen (secondary N) is 1. The molecule has 0 aliphatic carbocycles. The van der Waals surface area contributed by atoms with Crippen molar-refractivity contribution in [2.24, 2.45) is 0 Å². The molecular weight excluding hydrogens is 344 g/mol. The number of hydrogen-bond donors (Lipinski definition) is 1. The summed E-state index contributed by atoms with van der Waals surface area (Å²) in [6.07, 6.45) is 1.88. The Hall–Kier alpha value is -1.59. The van der Waals surface area contributed by atoms with E-state index in [1.165, 1.54) is 0 Å². The average molecular weight is 365 g/mol. The van der Waals surface area contributed by atoms with E-state index in [4.69, 9.17) is 9.47 Å². The van der Waals surface area contributed by atoms with Crippen LogP contribution in [0.4, 0.5) is 0 Å². The minimum absolute atomic E-state index is 0.0812. The summed E-state index contributed by atoms with van der Waals surface area (Å²) in [6.45, 7) is 5.37. The number of benzene rings is 1. The number of hydrogen-bond acceptors (Lipinski definition) is 4. The third-order valence-corrected chi connectivity index (χ3v) is 3.82. The van der Waals surface area contributed by atoms with Gasteiger partial charge >= 0.3 is 0 Å². The van der Waals surface area contributed by atoms with Gasteiger partial charge < -0.3 is 14.8 Å². The third-order valence-electron chi connectivity index (χ3n) is 3.07. The number of halogens is 1. The molecule has 0 spiro atoms. The highest BCUT2D eigenvalue weighted by Gasteiger charge is 2.15. The summed E-state index contributed by atoms with van der Waals surface area (Å²) in [6, 6.07) is 9.78. The molecule has 1 aromatic carbocycles. The SMILES string of the molecule is COc1ccc(Br)c(CNCc2ccccn2)c1OC(C)C. The molecule has 0 radical (unpaired) electrons. The van der Waals surface area contributed by atoms with Crippen molar-refractivity contribution in [3.05, 3.63) is 52.3 Å². The lowest BCUT2D eigenvalue weighted by Crippen LogP contribution is -2.16. The highest BCUT2D eigenvalue weighted by Crippen LogP contribution is 2.36. The van der Waals surface area contributed by atoms with Crippen LogP contribution < -0.4 is 14.8 Å². The minimum Gasteiger partial charge on any atom is -0.493 e. The zero-order chi connectivity index (χ0) is 15.9. The third kappa shape index (κ3) is 4.45. The van der Waals surface area contributed by atoms with Gasteiger partial charge in [-0.15, -0.1) is 0 Å². The summed E-state index contributed by atoms with van der Waals surface area (Å²) in [5.41, 5.74) is 2.05. The van der Waals surface area contributed by atoms with Gasteiger partial charge in [0.2, 0.25) is 0 Å². The summed E-state index contributed by atoms with van der Waals surface area (Å²) >= 11 is 3.60. The predicted molar refractivity (Wildman–Crippen MR) is 91.2 cm³/mol. The number of aromatic nitrogens is 1. The second-order valence-corrected chi connectivity index (χ2v) is 6.00. The average Bonchev–Trinajstić information content (AvgIpc) is 2.51. The Kier molecular flexibility index (Phi) is 6.21. The molecule has 1 N–H and O–H groups in total. The van der Waals surface area contributed by atoms with Crippen molar-refractivity contribution in [3.63, 3.8) is 0 Å². The molecule has 0 fully saturated rings. The van der Waals surface area contributed by atoms with Crippen molar-refractivity contribution in [1.82, 2.24) is 10.3 Å². The fourth-order valence-electron chi connectivity index (χ4n) is 2.09. The molecule has 0 aliphatic heterocycles. The van der Waals surface area contributed by atoms with Gasteiger partial charge in [0, 0.05) is 29.3 Å². The quantitative estimate of drug-likeness (QED) is 0.808. The van der Waals surface area contributed by atoms with E-state index in [2.05, 4.69) is 26.2 Å². The van der Waals surface area contributed by atoms with Gasteiger partial charge in [0.05, 0.1) is 18.9 Å². The molecule has 0 aliphatic rings. The Morgan fingerprint density at radius 1 is 1.18 bits per heavy atom. The highest BCUT2D eigenvalue weighted by atomic mass is 79.9. The predicted octanol–water partition coefficient (Wildman–Crippen LogP) is 3.93. The maximum atomic E-state index is 5.94. The van der Waals surface area contributed by atoms with Crippen LogP contribution in [0.25, 0.3) is 0 Å². The summed E-state index contributed by atoms with van der Waals surface area (Å²) in [4.78, 5) is 4.31. The second kappa shape index (κ2) is 8.15. The van der Waals surface area contributed by atoms with Crippen LogP contribution in [-0.4, -0.2) is 18.2 Å². The first-order valence-electron chi connectivity index (χ1n) is 7.24. The van der Waals surface area contributed by atoms with E-state index in [0.29, 0.717) is 13.1 Å². The molecule has 4 nitrogen and oxygen atoms in total. The van der Waals surface area contributed by atoms with Crippen LogP contribution >= 0.6 is 15.9 Å². The number of rotatable bonds is 7. The van der Waals surface area contributed by atoms with Crippen LogP contribution in [0, 0.1) is 0 Å². The summed E-state index contributed by atoms with van der Waals surface area (Å²) in [5.74, 6) is 1.52. The van der Waals surface area contributed by atoms with E-state index in [-0.39, 0.29) is 6.10 Å². The summed E-state index contributed by atoms with van der Waals surface area (Å²) in [7, 11) is 1.65. The van der Waals surface area contributed by atoms with Gasteiger partial charge in [-0.05, 0) is 38.1 Å². The smallest absolute Gasteiger partial charge is 0.167 e. The first kappa shape index (κ1) is 16.8. The number of ether oxygens (including phenoxy) is 2. The molecule has 1 heterocycles. The van der Waals surface area contributed by atoms with Crippen molar-refractivity contribution < 1.29 is 9.47 Å². The van der Waals surface area contributed by atoms with E-state index >= 15 is 0 Å². The lowest BCUT2D eigenvalue weighted by atomic mass is 10.1. The lowest BCUT2D eigenvalue weighted by Gasteiger charge is -2.19.